The topological polar surface area (TPSA) is 148 Å². The number of amides is 1. The molecule has 0 fully saturated rings. The Hall–Kier alpha value is -2.13. The lowest BCUT2D eigenvalue weighted by atomic mass is 10.1. The van der Waals surface area contributed by atoms with Crippen molar-refractivity contribution >= 4 is 21.8 Å². The fourth-order valence-corrected chi connectivity index (χ4v) is 1.88. The first-order valence-corrected chi connectivity index (χ1v) is 7.17. The molecule has 1 aromatic carbocycles. The molecule has 0 radical (unpaired) electrons. The van der Waals surface area contributed by atoms with E-state index in [4.69, 9.17) is 16.1 Å². The molecule has 1 amide bonds. The fraction of sp³-hybridized carbons (Fsp3) is 0.273. The molecule has 6 N–H and O–H groups in total. The summed E-state index contributed by atoms with van der Waals surface area (Å²) in [5.74, 6) is -1.36. The zero-order chi connectivity index (χ0) is 15.3. The van der Waals surface area contributed by atoms with Crippen LogP contribution in [0.15, 0.2) is 34.3 Å². The Morgan fingerprint density at radius 1 is 1.40 bits per heavy atom. The van der Waals surface area contributed by atoms with Gasteiger partial charge in [-0.25, -0.2) is 13.6 Å². The third-order valence-electron chi connectivity index (χ3n) is 2.67. The number of nitrogens with zero attached hydrogens (tertiary/aromatic N) is 1. The summed E-state index contributed by atoms with van der Waals surface area (Å²) in [5, 5.41) is 18.8. The van der Waals surface area contributed by atoms with E-state index in [1.54, 1.807) is 0 Å². The van der Waals surface area contributed by atoms with Crippen molar-refractivity contribution in [2.45, 2.75) is 18.4 Å². The first-order chi connectivity index (χ1) is 9.25. The van der Waals surface area contributed by atoms with E-state index in [1.807, 2.05) is 0 Å². The molecule has 0 saturated heterocycles. The van der Waals surface area contributed by atoms with Crippen molar-refractivity contribution in [3.8, 4) is 0 Å². The minimum atomic E-state index is -3.73. The van der Waals surface area contributed by atoms with Gasteiger partial charge in [-0.05, 0) is 24.6 Å². The number of sulfonamides is 1. The highest BCUT2D eigenvalue weighted by Crippen LogP contribution is 2.08. The maximum absolute atomic E-state index is 11.6. The average molecular weight is 300 g/mol. The molecule has 1 aromatic rings. The van der Waals surface area contributed by atoms with Crippen LogP contribution in [-0.4, -0.2) is 25.4 Å². The Morgan fingerprint density at radius 3 is 2.40 bits per heavy atom. The normalized spacial score (nSPS) is 13.8. The summed E-state index contributed by atoms with van der Waals surface area (Å²) in [6.07, 6.45) is 0. The quantitative estimate of drug-likeness (QED) is 0.246. The second-order valence-electron chi connectivity index (χ2n) is 4.15. The van der Waals surface area contributed by atoms with Crippen molar-refractivity contribution in [2.75, 3.05) is 0 Å². The van der Waals surface area contributed by atoms with E-state index in [2.05, 4.69) is 10.5 Å². The third kappa shape index (κ3) is 4.21. The van der Waals surface area contributed by atoms with Gasteiger partial charge in [-0.2, -0.15) is 0 Å². The Morgan fingerprint density at radius 2 is 1.95 bits per heavy atom. The van der Waals surface area contributed by atoms with Gasteiger partial charge in [0.1, 0.15) is 0 Å². The van der Waals surface area contributed by atoms with Gasteiger partial charge in [0.15, 0.2) is 5.84 Å². The first-order valence-electron chi connectivity index (χ1n) is 5.62. The van der Waals surface area contributed by atoms with E-state index in [-0.39, 0.29) is 17.3 Å². The van der Waals surface area contributed by atoms with Crippen LogP contribution in [0.25, 0.3) is 0 Å². The molecule has 0 saturated carbocycles. The number of primary sulfonamides is 1. The van der Waals surface area contributed by atoms with Crippen LogP contribution in [0, 0.1) is 5.92 Å². The zero-order valence-corrected chi connectivity index (χ0v) is 11.6. The lowest BCUT2D eigenvalue weighted by Gasteiger charge is -2.10. The molecule has 1 unspecified atom stereocenters. The average Bonchev–Trinajstić information content (AvgIpc) is 2.42. The van der Waals surface area contributed by atoms with Crippen LogP contribution in [0.4, 0.5) is 0 Å². The molecule has 110 valence electrons. The van der Waals surface area contributed by atoms with Gasteiger partial charge in [-0.3, -0.25) is 4.79 Å². The van der Waals surface area contributed by atoms with Crippen LogP contribution >= 0.6 is 0 Å². The maximum Gasteiger partial charge on any atom is 0.238 e. The van der Waals surface area contributed by atoms with Gasteiger partial charge in [0.05, 0.1) is 10.8 Å². The van der Waals surface area contributed by atoms with E-state index in [0.717, 1.165) is 0 Å². The van der Waals surface area contributed by atoms with E-state index < -0.39 is 21.8 Å². The van der Waals surface area contributed by atoms with Gasteiger partial charge in [-0.15, -0.1) is 0 Å². The number of nitrogens with two attached hydrogens (primary N) is 2. The number of oxime groups is 1. The first kappa shape index (κ1) is 15.9. The van der Waals surface area contributed by atoms with Crippen molar-refractivity contribution in [3.63, 3.8) is 0 Å². The zero-order valence-electron chi connectivity index (χ0n) is 10.8. The number of amidine groups is 1. The summed E-state index contributed by atoms with van der Waals surface area (Å²) in [6.45, 7) is 1.68. The smallest absolute Gasteiger partial charge is 0.238 e. The maximum atomic E-state index is 11.6. The standard InChI is InChI=1S/C11H16N4O4S/c1-7(10(12)15-17)11(16)14-6-8-2-4-9(5-3-8)20(13,18)19/h2-5,7,17H,6H2,1H3,(H2,12,15)(H,14,16)(H2,13,18,19). The minimum Gasteiger partial charge on any atom is -0.409 e. The van der Waals surface area contributed by atoms with Crippen LogP contribution in [0.2, 0.25) is 0 Å². The molecule has 1 atom stereocenters. The van der Waals surface area contributed by atoms with Crippen molar-refractivity contribution in [3.05, 3.63) is 29.8 Å². The summed E-state index contributed by atoms with van der Waals surface area (Å²) in [4.78, 5) is 11.6. The van der Waals surface area contributed by atoms with E-state index in [1.165, 1.54) is 31.2 Å². The number of hydrogen-bond acceptors (Lipinski definition) is 5. The summed E-state index contributed by atoms with van der Waals surface area (Å²) in [5.41, 5.74) is 6.00. The lowest BCUT2D eigenvalue weighted by Crippen LogP contribution is -2.36. The molecule has 0 heterocycles. The Bertz CT molecular complexity index is 610. The minimum absolute atomic E-state index is 0.00222. The van der Waals surface area contributed by atoms with Crippen molar-refractivity contribution in [1.29, 1.82) is 0 Å². The van der Waals surface area contributed by atoms with E-state index in [9.17, 15) is 13.2 Å². The second kappa shape index (κ2) is 6.35. The van der Waals surface area contributed by atoms with Crippen LogP contribution < -0.4 is 16.2 Å². The predicted octanol–water partition coefficient (Wildman–Crippen LogP) is -0.667. The molecule has 8 nitrogen and oxygen atoms in total. The monoisotopic (exact) mass is 300 g/mol. The largest absolute Gasteiger partial charge is 0.409 e. The molecular formula is C11H16N4O4S. The second-order valence-corrected chi connectivity index (χ2v) is 5.71. The van der Waals surface area contributed by atoms with Gasteiger partial charge in [-0.1, -0.05) is 17.3 Å². The predicted molar refractivity (Wildman–Crippen MR) is 72.2 cm³/mol. The number of nitrogens with one attached hydrogen (secondary N) is 1. The molecular weight excluding hydrogens is 284 g/mol. The molecule has 0 bridgehead atoms. The number of rotatable bonds is 5. The third-order valence-corrected chi connectivity index (χ3v) is 3.60. The molecule has 1 rings (SSSR count). The summed E-state index contributed by atoms with van der Waals surface area (Å²) >= 11 is 0. The molecule has 20 heavy (non-hydrogen) atoms. The number of hydrogen-bond donors (Lipinski definition) is 4. The van der Waals surface area contributed by atoms with Gasteiger partial charge < -0.3 is 16.3 Å². The fourth-order valence-electron chi connectivity index (χ4n) is 1.36. The number of carbonyl (C=O) groups is 1. The molecule has 0 spiro atoms. The SMILES string of the molecule is CC(C(=O)NCc1ccc(S(N)(=O)=O)cc1)C(N)=NO. The van der Waals surface area contributed by atoms with Crippen molar-refractivity contribution < 1.29 is 18.4 Å². The lowest BCUT2D eigenvalue weighted by molar-refractivity contribution is -0.122. The van der Waals surface area contributed by atoms with Gasteiger partial charge in [0, 0.05) is 6.54 Å². The van der Waals surface area contributed by atoms with Crippen LogP contribution in [0.3, 0.4) is 0 Å². The van der Waals surface area contributed by atoms with Crippen LogP contribution in [0.1, 0.15) is 12.5 Å². The molecule has 9 heteroatoms. The Labute approximate surface area is 116 Å². The summed E-state index contributed by atoms with van der Waals surface area (Å²) in [7, 11) is -3.73. The molecule has 0 aliphatic rings. The molecule has 0 aromatic heterocycles. The van der Waals surface area contributed by atoms with Crippen molar-refractivity contribution in [2.24, 2.45) is 21.9 Å². The molecule has 0 aliphatic carbocycles. The van der Waals surface area contributed by atoms with Crippen molar-refractivity contribution in [1.82, 2.24) is 5.32 Å². The summed E-state index contributed by atoms with van der Waals surface area (Å²) in [6, 6.07) is 5.77. The highest BCUT2D eigenvalue weighted by Gasteiger charge is 2.17. The Balaban J connectivity index is 2.65. The number of benzene rings is 1. The van der Waals surface area contributed by atoms with Gasteiger partial charge in [0.25, 0.3) is 0 Å². The number of carbonyl (C=O) groups excluding carboxylic acids is 1. The van der Waals surface area contributed by atoms with Gasteiger partial charge in [0.2, 0.25) is 15.9 Å². The van der Waals surface area contributed by atoms with Crippen LogP contribution in [-0.2, 0) is 21.4 Å². The van der Waals surface area contributed by atoms with Gasteiger partial charge >= 0.3 is 0 Å². The Kier molecular flexibility index (Phi) is 5.06. The van der Waals surface area contributed by atoms with Crippen LogP contribution in [0.5, 0.6) is 0 Å². The van der Waals surface area contributed by atoms with E-state index in [0.29, 0.717) is 5.56 Å². The molecule has 0 aliphatic heterocycles. The highest BCUT2D eigenvalue weighted by molar-refractivity contribution is 7.89. The highest BCUT2D eigenvalue weighted by atomic mass is 32.2. The summed E-state index contributed by atoms with van der Waals surface area (Å²) < 4.78 is 22.1. The van der Waals surface area contributed by atoms with E-state index >= 15 is 0 Å².